The van der Waals surface area contributed by atoms with Crippen LogP contribution in [0.2, 0.25) is 0 Å². The Morgan fingerprint density at radius 3 is 1.67 bits per heavy atom. The molecule has 0 spiro atoms. The normalized spacial score (nSPS) is 12.7. The van der Waals surface area contributed by atoms with Crippen molar-refractivity contribution in [2.45, 2.75) is 0 Å². The summed E-state index contributed by atoms with van der Waals surface area (Å²) in [7, 11) is -5.01. The Hall–Kier alpha value is -1.17. The third-order valence-corrected chi connectivity index (χ3v) is 1.74. The zero-order valence-corrected chi connectivity index (χ0v) is 6.43. The van der Waals surface area contributed by atoms with E-state index in [-0.39, 0.29) is 6.08 Å². The molecule has 0 aliphatic rings. The SMILES string of the molecule is O=C(O)/C=C(/C(=O)O)P(=O)(O)O. The van der Waals surface area contributed by atoms with E-state index in [1.165, 1.54) is 0 Å². The van der Waals surface area contributed by atoms with Crippen molar-refractivity contribution in [3.63, 3.8) is 0 Å². The number of carboxylic acids is 2. The molecule has 0 unspecified atom stereocenters. The number of hydrogen-bond acceptors (Lipinski definition) is 3. The van der Waals surface area contributed by atoms with Gasteiger partial charge in [0.05, 0.1) is 0 Å². The highest BCUT2D eigenvalue weighted by atomic mass is 31.2. The van der Waals surface area contributed by atoms with Crippen LogP contribution in [0.4, 0.5) is 0 Å². The molecule has 7 nitrogen and oxygen atoms in total. The van der Waals surface area contributed by atoms with E-state index in [9.17, 15) is 14.2 Å². The van der Waals surface area contributed by atoms with Gasteiger partial charge < -0.3 is 20.0 Å². The van der Waals surface area contributed by atoms with Crippen molar-refractivity contribution >= 4 is 19.5 Å². The van der Waals surface area contributed by atoms with Gasteiger partial charge in [-0.2, -0.15) is 0 Å². The van der Waals surface area contributed by atoms with Gasteiger partial charge in [-0.15, -0.1) is 0 Å². The quantitative estimate of drug-likeness (QED) is 0.343. The molecule has 8 heteroatoms. The van der Waals surface area contributed by atoms with Crippen molar-refractivity contribution in [3.8, 4) is 0 Å². The molecule has 0 heterocycles. The molecule has 4 N–H and O–H groups in total. The van der Waals surface area contributed by atoms with Gasteiger partial charge in [-0.1, -0.05) is 0 Å². The van der Waals surface area contributed by atoms with Crippen LogP contribution >= 0.6 is 7.60 Å². The minimum Gasteiger partial charge on any atom is -0.478 e. The Kier molecular flexibility index (Phi) is 3.15. The number of rotatable bonds is 3. The standard InChI is InChI=1S/C4H5O7P/c5-3(6)1-2(4(7)8)12(9,10)11/h1H,(H,5,6)(H,7,8)(H2,9,10,11)/b2-1-. The number of aliphatic carboxylic acids is 2. The first-order valence-electron chi connectivity index (χ1n) is 2.49. The first kappa shape index (κ1) is 10.8. The molecule has 0 saturated carbocycles. The summed E-state index contributed by atoms with van der Waals surface area (Å²) in [6.45, 7) is 0. The monoisotopic (exact) mass is 196 g/mol. The first-order valence-corrected chi connectivity index (χ1v) is 4.10. The first-order chi connectivity index (χ1) is 5.25. The summed E-state index contributed by atoms with van der Waals surface area (Å²) in [4.78, 5) is 36.5. The Morgan fingerprint density at radius 1 is 1.17 bits per heavy atom. The van der Waals surface area contributed by atoms with E-state index in [0.717, 1.165) is 0 Å². The van der Waals surface area contributed by atoms with Crippen molar-refractivity contribution in [3.05, 3.63) is 11.4 Å². The molecule has 0 fully saturated rings. The van der Waals surface area contributed by atoms with Crippen LogP contribution in [-0.2, 0) is 14.2 Å². The summed E-state index contributed by atoms with van der Waals surface area (Å²) < 4.78 is 10.3. The van der Waals surface area contributed by atoms with Crippen LogP contribution in [0.1, 0.15) is 0 Å². The van der Waals surface area contributed by atoms with Crippen molar-refractivity contribution in [2.24, 2.45) is 0 Å². The molecule has 0 rings (SSSR count). The molecule has 0 aromatic heterocycles. The lowest BCUT2D eigenvalue weighted by atomic mass is 10.5. The molecule has 0 aromatic rings. The van der Waals surface area contributed by atoms with Gasteiger partial charge >= 0.3 is 19.5 Å². The summed E-state index contributed by atoms with van der Waals surface area (Å²) in [6, 6.07) is 0. The smallest absolute Gasteiger partial charge is 0.363 e. The predicted molar refractivity (Wildman–Crippen MR) is 35.4 cm³/mol. The van der Waals surface area contributed by atoms with Crippen LogP contribution in [0.15, 0.2) is 11.4 Å². The highest BCUT2D eigenvalue weighted by Gasteiger charge is 2.28. The topological polar surface area (TPSA) is 132 Å². The molecule has 0 aromatic carbocycles. The maximum absolute atomic E-state index is 10.3. The molecule has 0 aliphatic heterocycles. The summed E-state index contributed by atoms with van der Waals surface area (Å²) in [5.74, 6) is -3.68. The highest BCUT2D eigenvalue weighted by Crippen LogP contribution is 2.44. The van der Waals surface area contributed by atoms with E-state index in [1.807, 2.05) is 0 Å². The van der Waals surface area contributed by atoms with Gasteiger partial charge in [-0.3, -0.25) is 4.57 Å². The van der Waals surface area contributed by atoms with Gasteiger partial charge in [-0.25, -0.2) is 9.59 Å². The average Bonchev–Trinajstić information content (AvgIpc) is 1.79. The molecule has 0 radical (unpaired) electrons. The summed E-state index contributed by atoms with van der Waals surface area (Å²) >= 11 is 0. The van der Waals surface area contributed by atoms with Crippen molar-refractivity contribution in [2.75, 3.05) is 0 Å². The maximum Gasteiger partial charge on any atom is 0.363 e. The number of hydrogen-bond donors (Lipinski definition) is 4. The minimum absolute atomic E-state index is 0.0386. The molecule has 12 heavy (non-hydrogen) atoms. The molecule has 0 saturated heterocycles. The maximum atomic E-state index is 10.3. The van der Waals surface area contributed by atoms with E-state index < -0.39 is 24.8 Å². The Balaban J connectivity index is 5.08. The van der Waals surface area contributed by atoms with E-state index in [0.29, 0.717) is 0 Å². The zero-order valence-electron chi connectivity index (χ0n) is 5.54. The molecule has 0 aliphatic carbocycles. The Bertz CT molecular complexity index is 284. The molecular formula is C4H5O7P. The third-order valence-electron chi connectivity index (χ3n) is 0.793. The van der Waals surface area contributed by atoms with Gasteiger partial charge in [0.15, 0.2) is 5.31 Å². The number of carboxylic acid groups (broad SMARTS) is 2. The van der Waals surface area contributed by atoms with E-state index in [4.69, 9.17) is 20.0 Å². The lowest BCUT2D eigenvalue weighted by Gasteiger charge is -2.01. The molecule has 68 valence electrons. The third kappa shape index (κ3) is 3.29. The van der Waals surface area contributed by atoms with Gasteiger partial charge in [0.1, 0.15) is 0 Å². The second-order valence-corrected chi connectivity index (χ2v) is 3.29. The van der Waals surface area contributed by atoms with Gasteiger partial charge in [0.25, 0.3) is 0 Å². The average molecular weight is 196 g/mol. The van der Waals surface area contributed by atoms with Crippen LogP contribution in [0.3, 0.4) is 0 Å². The summed E-state index contributed by atoms with van der Waals surface area (Å²) in [6.07, 6.45) is -0.0386. The Labute approximate surface area is 66.1 Å². The second-order valence-electron chi connectivity index (χ2n) is 1.72. The fourth-order valence-electron chi connectivity index (χ4n) is 0.387. The predicted octanol–water partition coefficient (Wildman–Crippen LogP) is -0.783. The van der Waals surface area contributed by atoms with Crippen LogP contribution in [0.25, 0.3) is 0 Å². The fourth-order valence-corrected chi connectivity index (χ4v) is 0.915. The molecule has 0 bridgehead atoms. The highest BCUT2D eigenvalue weighted by molar-refractivity contribution is 7.58. The fraction of sp³-hybridized carbons (Fsp3) is 0. The van der Waals surface area contributed by atoms with Crippen molar-refractivity contribution in [1.29, 1.82) is 0 Å². The second kappa shape index (κ2) is 3.48. The molecular weight excluding hydrogens is 191 g/mol. The lowest BCUT2D eigenvalue weighted by Crippen LogP contribution is -2.04. The van der Waals surface area contributed by atoms with Crippen LogP contribution in [0, 0.1) is 0 Å². The number of carbonyl (C=O) groups is 2. The van der Waals surface area contributed by atoms with Gasteiger partial charge in [-0.05, 0) is 0 Å². The molecule has 0 atom stereocenters. The van der Waals surface area contributed by atoms with E-state index in [1.54, 1.807) is 0 Å². The molecule has 0 amide bonds. The summed E-state index contributed by atoms with van der Waals surface area (Å²) in [5.41, 5.74) is 0. The van der Waals surface area contributed by atoms with Gasteiger partial charge in [0.2, 0.25) is 0 Å². The minimum atomic E-state index is -5.01. The van der Waals surface area contributed by atoms with Gasteiger partial charge in [0, 0.05) is 6.08 Å². The summed E-state index contributed by atoms with van der Waals surface area (Å²) in [5, 5.41) is 14.7. The van der Waals surface area contributed by atoms with Crippen molar-refractivity contribution in [1.82, 2.24) is 0 Å². The zero-order chi connectivity index (χ0) is 9.94. The lowest BCUT2D eigenvalue weighted by molar-refractivity contribution is -0.134. The van der Waals surface area contributed by atoms with Crippen LogP contribution in [-0.4, -0.2) is 31.9 Å². The van der Waals surface area contributed by atoms with Crippen LogP contribution in [0.5, 0.6) is 0 Å². The van der Waals surface area contributed by atoms with Crippen molar-refractivity contribution < 1.29 is 34.2 Å². The van der Waals surface area contributed by atoms with E-state index >= 15 is 0 Å². The largest absolute Gasteiger partial charge is 0.478 e. The van der Waals surface area contributed by atoms with E-state index in [2.05, 4.69) is 0 Å². The Morgan fingerprint density at radius 2 is 1.58 bits per heavy atom. The van der Waals surface area contributed by atoms with Crippen LogP contribution < -0.4 is 0 Å².